The first kappa shape index (κ1) is 14.5. The van der Waals surface area contributed by atoms with Crippen molar-refractivity contribution in [3.8, 4) is 0 Å². The van der Waals surface area contributed by atoms with Crippen LogP contribution in [0.1, 0.15) is 26.2 Å². The van der Waals surface area contributed by atoms with Crippen molar-refractivity contribution in [1.29, 1.82) is 0 Å². The maximum absolute atomic E-state index is 12.2. The molecule has 3 aliphatic rings. The largest absolute Gasteiger partial charge is 0.459 e. The van der Waals surface area contributed by atoms with Gasteiger partial charge in [-0.05, 0) is 25.2 Å². The fourth-order valence-corrected chi connectivity index (χ4v) is 2.53. The molecule has 0 aromatic carbocycles. The maximum Gasteiger partial charge on any atom is 0.334 e. The molecule has 6 heteroatoms. The zero-order valence-corrected chi connectivity index (χ0v) is 12.1. The molecule has 21 heavy (non-hydrogen) atoms. The smallest absolute Gasteiger partial charge is 0.334 e. The standard InChI is InChI=1S/C15H20O6/c1-9-3-2-4-12(14(16)20-7-10-5-18-10)13(9)15(17)21-8-11-6-19-11/h9-11H,2-8H2,1H3. The van der Waals surface area contributed by atoms with Gasteiger partial charge in [0.15, 0.2) is 0 Å². The summed E-state index contributed by atoms with van der Waals surface area (Å²) in [6.07, 6.45) is 2.38. The van der Waals surface area contributed by atoms with Crippen LogP contribution in [0.2, 0.25) is 0 Å². The van der Waals surface area contributed by atoms with E-state index in [1.165, 1.54) is 0 Å². The zero-order chi connectivity index (χ0) is 14.8. The summed E-state index contributed by atoms with van der Waals surface area (Å²) in [4.78, 5) is 24.4. The van der Waals surface area contributed by atoms with Crippen LogP contribution in [0.3, 0.4) is 0 Å². The average Bonchev–Trinajstić information content (AvgIpc) is 3.36. The molecular formula is C15H20O6. The molecule has 3 rings (SSSR count). The average molecular weight is 296 g/mol. The molecular weight excluding hydrogens is 276 g/mol. The summed E-state index contributed by atoms with van der Waals surface area (Å²) in [6.45, 7) is 3.74. The Morgan fingerprint density at radius 2 is 1.67 bits per heavy atom. The van der Waals surface area contributed by atoms with E-state index in [-0.39, 0.29) is 31.3 Å². The fourth-order valence-electron chi connectivity index (χ4n) is 2.53. The Balaban J connectivity index is 1.67. The Labute approximate surface area is 123 Å². The number of epoxide rings is 2. The van der Waals surface area contributed by atoms with Crippen molar-refractivity contribution in [2.75, 3.05) is 26.4 Å². The highest BCUT2D eigenvalue weighted by molar-refractivity contribution is 6.01. The van der Waals surface area contributed by atoms with Crippen molar-refractivity contribution < 1.29 is 28.5 Å². The van der Waals surface area contributed by atoms with E-state index < -0.39 is 11.9 Å². The van der Waals surface area contributed by atoms with Gasteiger partial charge in [0.2, 0.25) is 0 Å². The summed E-state index contributed by atoms with van der Waals surface area (Å²) in [6, 6.07) is 0. The second-order valence-corrected chi connectivity index (χ2v) is 5.79. The normalized spacial score (nSPS) is 30.8. The fraction of sp³-hybridized carbons (Fsp3) is 0.733. The van der Waals surface area contributed by atoms with Crippen LogP contribution in [0.25, 0.3) is 0 Å². The Bertz CT molecular complexity index is 461. The number of hydrogen-bond donors (Lipinski definition) is 0. The van der Waals surface area contributed by atoms with Crippen molar-refractivity contribution in [2.24, 2.45) is 5.92 Å². The van der Waals surface area contributed by atoms with Crippen LogP contribution in [0.4, 0.5) is 0 Å². The summed E-state index contributed by atoms with van der Waals surface area (Å²) in [5.74, 6) is -0.801. The molecule has 2 fully saturated rings. The Morgan fingerprint density at radius 3 is 2.24 bits per heavy atom. The highest BCUT2D eigenvalue weighted by Crippen LogP contribution is 2.32. The lowest BCUT2D eigenvalue weighted by Gasteiger charge is -2.23. The van der Waals surface area contributed by atoms with Gasteiger partial charge in [-0.25, -0.2) is 9.59 Å². The molecule has 2 aliphatic heterocycles. The van der Waals surface area contributed by atoms with E-state index in [1.54, 1.807) is 0 Å². The van der Waals surface area contributed by atoms with Crippen molar-refractivity contribution >= 4 is 11.9 Å². The van der Waals surface area contributed by atoms with E-state index in [4.69, 9.17) is 18.9 Å². The SMILES string of the molecule is CC1CCCC(C(=O)OCC2CO2)=C1C(=O)OCC1CO1. The van der Waals surface area contributed by atoms with Crippen LogP contribution in [-0.2, 0) is 28.5 Å². The van der Waals surface area contributed by atoms with Gasteiger partial charge in [0, 0.05) is 5.57 Å². The number of carbonyl (C=O) groups is 2. The number of esters is 2. The van der Waals surface area contributed by atoms with Gasteiger partial charge in [0.25, 0.3) is 0 Å². The van der Waals surface area contributed by atoms with Gasteiger partial charge < -0.3 is 18.9 Å². The Morgan fingerprint density at radius 1 is 1.10 bits per heavy atom. The van der Waals surface area contributed by atoms with E-state index >= 15 is 0 Å². The number of carbonyl (C=O) groups excluding carboxylic acids is 2. The van der Waals surface area contributed by atoms with Gasteiger partial charge in [-0.2, -0.15) is 0 Å². The van der Waals surface area contributed by atoms with Crippen LogP contribution in [0, 0.1) is 5.92 Å². The third-order valence-electron chi connectivity index (χ3n) is 3.95. The lowest BCUT2D eigenvalue weighted by atomic mass is 9.83. The molecule has 0 N–H and O–H groups in total. The lowest BCUT2D eigenvalue weighted by molar-refractivity contribution is -0.143. The van der Waals surface area contributed by atoms with Gasteiger partial charge >= 0.3 is 11.9 Å². The van der Waals surface area contributed by atoms with E-state index in [9.17, 15) is 9.59 Å². The summed E-state index contributed by atoms with van der Waals surface area (Å²) in [7, 11) is 0. The van der Waals surface area contributed by atoms with Crippen LogP contribution >= 0.6 is 0 Å². The first-order valence-corrected chi connectivity index (χ1v) is 7.45. The van der Waals surface area contributed by atoms with Crippen molar-refractivity contribution in [2.45, 2.75) is 38.4 Å². The second kappa shape index (κ2) is 6.15. The predicted molar refractivity (Wildman–Crippen MR) is 71.4 cm³/mol. The summed E-state index contributed by atoms with van der Waals surface area (Å²) in [5, 5.41) is 0. The van der Waals surface area contributed by atoms with Crippen LogP contribution in [0.15, 0.2) is 11.1 Å². The highest BCUT2D eigenvalue weighted by Gasteiger charge is 2.33. The molecule has 0 spiro atoms. The van der Waals surface area contributed by atoms with Crippen LogP contribution < -0.4 is 0 Å². The molecule has 0 aromatic heterocycles. The van der Waals surface area contributed by atoms with Gasteiger partial charge in [-0.1, -0.05) is 6.92 Å². The molecule has 0 amide bonds. The quantitative estimate of drug-likeness (QED) is 0.537. The molecule has 0 bridgehead atoms. The summed E-state index contributed by atoms with van der Waals surface area (Å²) < 4.78 is 20.5. The monoisotopic (exact) mass is 296 g/mol. The first-order chi connectivity index (χ1) is 10.1. The molecule has 2 saturated heterocycles. The topological polar surface area (TPSA) is 77.7 Å². The molecule has 6 nitrogen and oxygen atoms in total. The summed E-state index contributed by atoms with van der Waals surface area (Å²) in [5.41, 5.74) is 0.944. The first-order valence-electron chi connectivity index (χ1n) is 7.45. The second-order valence-electron chi connectivity index (χ2n) is 5.79. The number of hydrogen-bond acceptors (Lipinski definition) is 6. The molecule has 0 saturated carbocycles. The number of rotatable bonds is 6. The third-order valence-corrected chi connectivity index (χ3v) is 3.95. The lowest BCUT2D eigenvalue weighted by Crippen LogP contribution is -2.25. The van der Waals surface area contributed by atoms with Crippen molar-refractivity contribution in [3.05, 3.63) is 11.1 Å². The van der Waals surface area contributed by atoms with E-state index in [2.05, 4.69) is 0 Å². The number of ether oxygens (including phenoxy) is 4. The van der Waals surface area contributed by atoms with Gasteiger partial charge in [0.05, 0.1) is 18.8 Å². The van der Waals surface area contributed by atoms with Crippen LogP contribution in [-0.4, -0.2) is 50.6 Å². The minimum Gasteiger partial charge on any atom is -0.459 e. The highest BCUT2D eigenvalue weighted by atomic mass is 16.6. The zero-order valence-electron chi connectivity index (χ0n) is 12.1. The van der Waals surface area contributed by atoms with Crippen molar-refractivity contribution in [3.63, 3.8) is 0 Å². The molecule has 1 aliphatic carbocycles. The minimum atomic E-state index is -0.410. The predicted octanol–water partition coefficient (Wildman–Crippen LogP) is 0.987. The third kappa shape index (κ3) is 3.83. The molecule has 116 valence electrons. The molecule has 3 atom stereocenters. The van der Waals surface area contributed by atoms with E-state index in [0.717, 1.165) is 12.8 Å². The van der Waals surface area contributed by atoms with Crippen LogP contribution in [0.5, 0.6) is 0 Å². The molecule has 0 radical (unpaired) electrons. The minimum absolute atomic E-state index is 0.0195. The maximum atomic E-state index is 12.2. The summed E-state index contributed by atoms with van der Waals surface area (Å²) >= 11 is 0. The molecule has 3 unspecified atom stereocenters. The Hall–Kier alpha value is -1.40. The van der Waals surface area contributed by atoms with Gasteiger partial charge in [-0.3, -0.25) is 0 Å². The molecule has 0 aromatic rings. The van der Waals surface area contributed by atoms with E-state index in [1.807, 2.05) is 6.92 Å². The van der Waals surface area contributed by atoms with E-state index in [0.29, 0.717) is 30.8 Å². The van der Waals surface area contributed by atoms with Crippen molar-refractivity contribution in [1.82, 2.24) is 0 Å². The van der Waals surface area contributed by atoms with Gasteiger partial charge in [-0.15, -0.1) is 0 Å². The molecule has 2 heterocycles. The Kier molecular flexibility index (Phi) is 4.26. The van der Waals surface area contributed by atoms with Gasteiger partial charge in [0.1, 0.15) is 25.4 Å².